The first kappa shape index (κ1) is 16.6. The van der Waals surface area contributed by atoms with E-state index in [1.165, 1.54) is 18.4 Å². The lowest BCUT2D eigenvalue weighted by atomic mass is 10.1. The van der Waals surface area contributed by atoms with Gasteiger partial charge in [0, 0.05) is 22.7 Å². The van der Waals surface area contributed by atoms with Crippen molar-refractivity contribution in [2.75, 3.05) is 11.9 Å². The average molecular weight is 339 g/mol. The smallest absolute Gasteiger partial charge is 0.310 e. The molecule has 3 aromatic rings. The lowest BCUT2D eigenvalue weighted by Gasteiger charge is -2.06. The maximum absolute atomic E-state index is 11.9. The Bertz CT molecular complexity index is 911. The number of phenolic OH excluding ortho intramolecular Hbond substituents is 1. The van der Waals surface area contributed by atoms with Crippen LogP contribution in [0.1, 0.15) is 11.1 Å². The third-order valence-electron chi connectivity index (χ3n) is 3.67. The molecule has 0 aliphatic rings. The van der Waals surface area contributed by atoms with Crippen LogP contribution in [0.4, 0.5) is 5.69 Å². The van der Waals surface area contributed by atoms with Gasteiger partial charge in [0.05, 0.1) is 12.7 Å². The van der Waals surface area contributed by atoms with E-state index in [2.05, 4.69) is 5.32 Å². The first-order valence-electron chi connectivity index (χ1n) is 7.72. The van der Waals surface area contributed by atoms with Gasteiger partial charge in [0.25, 0.3) is 5.91 Å². The number of rotatable bonds is 5. The summed E-state index contributed by atoms with van der Waals surface area (Å²) in [5, 5.41) is 12.8. The molecule has 3 rings (SSSR count). The lowest BCUT2D eigenvalue weighted by Crippen LogP contribution is -2.21. The van der Waals surface area contributed by atoms with Gasteiger partial charge in [-0.3, -0.25) is 9.59 Å². The highest BCUT2D eigenvalue weighted by Gasteiger charge is 2.13. The normalized spacial score (nSPS) is 10.6. The summed E-state index contributed by atoms with van der Waals surface area (Å²) in [6.07, 6.45) is 1.42. The summed E-state index contributed by atoms with van der Waals surface area (Å²) >= 11 is 0. The van der Waals surface area contributed by atoms with E-state index in [-0.39, 0.29) is 18.8 Å². The van der Waals surface area contributed by atoms with Gasteiger partial charge in [-0.15, -0.1) is 0 Å². The molecule has 2 N–H and O–H groups in total. The van der Waals surface area contributed by atoms with Crippen molar-refractivity contribution in [3.05, 3.63) is 59.9 Å². The van der Waals surface area contributed by atoms with Crippen LogP contribution in [0.2, 0.25) is 0 Å². The molecule has 0 radical (unpaired) electrons. The van der Waals surface area contributed by atoms with Crippen molar-refractivity contribution in [2.24, 2.45) is 0 Å². The molecule has 1 heterocycles. The van der Waals surface area contributed by atoms with Crippen molar-refractivity contribution in [3.63, 3.8) is 0 Å². The number of hydrogen-bond acceptors (Lipinski definition) is 5. The Morgan fingerprint density at radius 3 is 2.68 bits per heavy atom. The lowest BCUT2D eigenvalue weighted by molar-refractivity contribution is -0.146. The molecule has 0 atom stereocenters. The number of hydrogen-bond donors (Lipinski definition) is 2. The standard InChI is InChI=1S/C19H17NO5/c1-12-2-4-14(5-3-12)20-18(22)11-25-19(23)8-13-10-24-17-9-15(21)6-7-16(13)17/h2-7,9-10,21H,8,11H2,1H3,(H,20,22). The molecule has 0 fully saturated rings. The van der Waals surface area contributed by atoms with Gasteiger partial charge < -0.3 is 19.6 Å². The Morgan fingerprint density at radius 2 is 1.92 bits per heavy atom. The molecule has 0 unspecified atom stereocenters. The molecule has 0 aliphatic heterocycles. The summed E-state index contributed by atoms with van der Waals surface area (Å²) in [7, 11) is 0. The fourth-order valence-corrected chi connectivity index (χ4v) is 2.40. The Labute approximate surface area is 144 Å². The molecule has 0 saturated heterocycles. The molecule has 25 heavy (non-hydrogen) atoms. The number of fused-ring (bicyclic) bond motifs is 1. The van der Waals surface area contributed by atoms with E-state index in [4.69, 9.17) is 9.15 Å². The number of carbonyl (C=O) groups excluding carboxylic acids is 2. The minimum Gasteiger partial charge on any atom is -0.508 e. The van der Waals surface area contributed by atoms with Crippen LogP contribution in [-0.4, -0.2) is 23.6 Å². The number of aryl methyl sites for hydroxylation is 1. The van der Waals surface area contributed by atoms with Crippen molar-refractivity contribution in [2.45, 2.75) is 13.3 Å². The zero-order valence-corrected chi connectivity index (χ0v) is 13.6. The molecular weight excluding hydrogens is 322 g/mol. The highest BCUT2D eigenvalue weighted by molar-refractivity contribution is 5.93. The van der Waals surface area contributed by atoms with Gasteiger partial charge in [0.1, 0.15) is 11.3 Å². The number of anilines is 1. The number of esters is 1. The van der Waals surface area contributed by atoms with E-state index in [1.54, 1.807) is 18.2 Å². The van der Waals surface area contributed by atoms with E-state index in [0.717, 1.165) is 10.9 Å². The first-order valence-corrected chi connectivity index (χ1v) is 7.72. The van der Waals surface area contributed by atoms with E-state index < -0.39 is 11.9 Å². The Hall–Kier alpha value is -3.28. The van der Waals surface area contributed by atoms with Crippen LogP contribution >= 0.6 is 0 Å². The van der Waals surface area contributed by atoms with Crippen LogP contribution in [0.3, 0.4) is 0 Å². The van der Waals surface area contributed by atoms with Crippen molar-refractivity contribution < 1.29 is 23.8 Å². The quantitative estimate of drug-likeness (QED) is 0.697. The number of aromatic hydroxyl groups is 1. The average Bonchev–Trinajstić information content (AvgIpc) is 2.97. The summed E-state index contributed by atoms with van der Waals surface area (Å²) in [4.78, 5) is 23.7. The van der Waals surface area contributed by atoms with Gasteiger partial charge in [-0.25, -0.2) is 0 Å². The van der Waals surface area contributed by atoms with E-state index >= 15 is 0 Å². The minimum absolute atomic E-state index is 0.0183. The molecule has 128 valence electrons. The minimum atomic E-state index is -0.533. The predicted molar refractivity (Wildman–Crippen MR) is 92.4 cm³/mol. The zero-order chi connectivity index (χ0) is 17.8. The second kappa shape index (κ2) is 7.09. The summed E-state index contributed by atoms with van der Waals surface area (Å²) < 4.78 is 10.3. The Kier molecular flexibility index (Phi) is 4.70. The zero-order valence-electron chi connectivity index (χ0n) is 13.6. The fourth-order valence-electron chi connectivity index (χ4n) is 2.40. The van der Waals surface area contributed by atoms with Gasteiger partial charge in [0.2, 0.25) is 0 Å². The van der Waals surface area contributed by atoms with Crippen LogP contribution in [0.5, 0.6) is 5.75 Å². The maximum Gasteiger partial charge on any atom is 0.310 e. The fraction of sp³-hybridized carbons (Fsp3) is 0.158. The highest BCUT2D eigenvalue weighted by Crippen LogP contribution is 2.25. The van der Waals surface area contributed by atoms with Crippen molar-refractivity contribution in [1.82, 2.24) is 0 Å². The SMILES string of the molecule is Cc1ccc(NC(=O)COC(=O)Cc2coc3cc(O)ccc23)cc1. The van der Waals surface area contributed by atoms with Crippen LogP contribution < -0.4 is 5.32 Å². The largest absolute Gasteiger partial charge is 0.508 e. The molecular formula is C19H17NO5. The number of phenols is 1. The van der Waals surface area contributed by atoms with Gasteiger partial charge in [-0.2, -0.15) is 0 Å². The molecule has 0 saturated carbocycles. The topological polar surface area (TPSA) is 88.8 Å². The maximum atomic E-state index is 11.9. The Morgan fingerprint density at radius 1 is 1.16 bits per heavy atom. The van der Waals surface area contributed by atoms with Crippen LogP contribution in [0.25, 0.3) is 11.0 Å². The van der Waals surface area contributed by atoms with Crippen molar-refractivity contribution >= 4 is 28.5 Å². The second-order valence-electron chi connectivity index (χ2n) is 5.69. The highest BCUT2D eigenvalue weighted by atomic mass is 16.5. The summed E-state index contributed by atoms with van der Waals surface area (Å²) in [6.45, 7) is 1.59. The summed E-state index contributed by atoms with van der Waals surface area (Å²) in [6, 6.07) is 12.0. The Balaban J connectivity index is 1.53. The van der Waals surface area contributed by atoms with Crippen LogP contribution in [-0.2, 0) is 20.7 Å². The van der Waals surface area contributed by atoms with Gasteiger partial charge in [-0.1, -0.05) is 17.7 Å². The summed E-state index contributed by atoms with van der Waals surface area (Å²) in [5.74, 6) is -0.849. The monoisotopic (exact) mass is 339 g/mol. The number of nitrogens with one attached hydrogen (secondary N) is 1. The van der Waals surface area contributed by atoms with E-state index in [1.807, 2.05) is 19.1 Å². The number of ether oxygens (including phenoxy) is 1. The molecule has 0 bridgehead atoms. The molecule has 1 amide bonds. The van der Waals surface area contributed by atoms with Crippen LogP contribution in [0.15, 0.2) is 53.1 Å². The first-order chi connectivity index (χ1) is 12.0. The number of amides is 1. The second-order valence-corrected chi connectivity index (χ2v) is 5.69. The predicted octanol–water partition coefficient (Wildman–Crippen LogP) is 3.17. The van der Waals surface area contributed by atoms with Gasteiger partial charge in [-0.05, 0) is 31.2 Å². The third kappa shape index (κ3) is 4.17. The van der Waals surface area contributed by atoms with Crippen LogP contribution in [0, 0.1) is 6.92 Å². The van der Waals surface area contributed by atoms with Gasteiger partial charge in [0.15, 0.2) is 6.61 Å². The van der Waals surface area contributed by atoms with E-state index in [9.17, 15) is 14.7 Å². The molecule has 0 aliphatic carbocycles. The number of furan rings is 1. The molecule has 0 spiro atoms. The molecule has 6 heteroatoms. The molecule has 2 aromatic carbocycles. The van der Waals surface area contributed by atoms with Crippen molar-refractivity contribution in [1.29, 1.82) is 0 Å². The summed E-state index contributed by atoms with van der Waals surface area (Å²) in [5.41, 5.74) is 2.86. The van der Waals surface area contributed by atoms with E-state index in [0.29, 0.717) is 16.8 Å². The van der Waals surface area contributed by atoms with Gasteiger partial charge >= 0.3 is 5.97 Å². The van der Waals surface area contributed by atoms with Crippen molar-refractivity contribution in [3.8, 4) is 5.75 Å². The third-order valence-corrected chi connectivity index (χ3v) is 3.67. The molecule has 6 nitrogen and oxygen atoms in total. The number of benzene rings is 2. The number of carbonyl (C=O) groups is 2. The molecule has 1 aromatic heterocycles.